The summed E-state index contributed by atoms with van der Waals surface area (Å²) >= 11 is 0. The predicted octanol–water partition coefficient (Wildman–Crippen LogP) is 4.45. The number of aromatic nitrogens is 1. The van der Waals surface area contributed by atoms with E-state index in [1.54, 1.807) is 6.08 Å². The lowest BCUT2D eigenvalue weighted by Crippen LogP contribution is -2.17. The van der Waals surface area contributed by atoms with E-state index >= 15 is 0 Å². The van der Waals surface area contributed by atoms with Crippen molar-refractivity contribution in [1.29, 1.82) is 5.26 Å². The number of nitrogens with one attached hydrogen (secondary N) is 1. The highest BCUT2D eigenvalue weighted by atomic mass is 16.5. The van der Waals surface area contributed by atoms with Gasteiger partial charge in [-0.15, -0.1) is 0 Å². The summed E-state index contributed by atoms with van der Waals surface area (Å²) in [5.74, 6) is -0.394. The SMILES string of the molecule is Cc1ccc(NC(=O)/C(C#N)=C/c2cc(C)n(C[C@H]3CCCO3)c2C)cc1C. The van der Waals surface area contributed by atoms with E-state index in [9.17, 15) is 10.1 Å². The molecule has 1 atom stereocenters. The second-order valence-electron chi connectivity index (χ2n) is 7.50. The molecule has 3 rings (SSSR count). The van der Waals surface area contributed by atoms with E-state index in [1.807, 2.05) is 58.0 Å². The normalized spacial score (nSPS) is 16.8. The number of anilines is 1. The van der Waals surface area contributed by atoms with Gasteiger partial charge in [0.25, 0.3) is 5.91 Å². The zero-order valence-corrected chi connectivity index (χ0v) is 17.0. The summed E-state index contributed by atoms with van der Waals surface area (Å²) in [4.78, 5) is 12.6. The number of benzene rings is 1. The van der Waals surface area contributed by atoms with E-state index in [0.717, 1.165) is 54.1 Å². The van der Waals surface area contributed by atoms with Crippen molar-refractivity contribution in [3.63, 3.8) is 0 Å². The van der Waals surface area contributed by atoms with Gasteiger partial charge in [0.2, 0.25) is 0 Å². The molecule has 0 unspecified atom stereocenters. The number of carbonyl (C=O) groups is 1. The fraction of sp³-hybridized carbons (Fsp3) is 0.391. The largest absolute Gasteiger partial charge is 0.376 e. The Bertz CT molecular complexity index is 957. The topological polar surface area (TPSA) is 67.0 Å². The number of hydrogen-bond acceptors (Lipinski definition) is 3. The van der Waals surface area contributed by atoms with E-state index in [1.165, 1.54) is 0 Å². The van der Waals surface area contributed by atoms with E-state index in [4.69, 9.17) is 4.74 Å². The molecule has 5 nitrogen and oxygen atoms in total. The third-order valence-corrected chi connectivity index (χ3v) is 5.45. The molecule has 28 heavy (non-hydrogen) atoms. The number of ether oxygens (including phenoxy) is 1. The van der Waals surface area contributed by atoms with Crippen molar-refractivity contribution in [2.75, 3.05) is 11.9 Å². The van der Waals surface area contributed by atoms with Crippen molar-refractivity contribution in [2.45, 2.75) is 53.2 Å². The smallest absolute Gasteiger partial charge is 0.266 e. The van der Waals surface area contributed by atoms with Crippen LogP contribution in [0.4, 0.5) is 5.69 Å². The molecule has 1 aromatic heterocycles. The Morgan fingerprint density at radius 2 is 2.07 bits per heavy atom. The Morgan fingerprint density at radius 3 is 2.71 bits per heavy atom. The van der Waals surface area contributed by atoms with Crippen molar-refractivity contribution < 1.29 is 9.53 Å². The van der Waals surface area contributed by atoms with Crippen LogP contribution in [-0.4, -0.2) is 23.2 Å². The molecule has 5 heteroatoms. The van der Waals surface area contributed by atoms with Crippen molar-refractivity contribution in [2.24, 2.45) is 0 Å². The van der Waals surface area contributed by atoms with E-state index in [2.05, 4.69) is 9.88 Å². The quantitative estimate of drug-likeness (QED) is 0.618. The first-order chi connectivity index (χ1) is 13.4. The van der Waals surface area contributed by atoms with Crippen LogP contribution in [0, 0.1) is 39.0 Å². The highest BCUT2D eigenvalue weighted by molar-refractivity contribution is 6.09. The second-order valence-corrected chi connectivity index (χ2v) is 7.50. The van der Waals surface area contributed by atoms with Crippen LogP contribution in [0.2, 0.25) is 0 Å². The minimum atomic E-state index is -0.394. The summed E-state index contributed by atoms with van der Waals surface area (Å²) < 4.78 is 7.95. The van der Waals surface area contributed by atoms with Gasteiger partial charge in [-0.3, -0.25) is 4.79 Å². The van der Waals surface area contributed by atoms with Gasteiger partial charge in [0.15, 0.2) is 0 Å². The number of rotatable bonds is 5. The van der Waals surface area contributed by atoms with Gasteiger partial charge in [-0.05, 0) is 81.5 Å². The number of hydrogen-bond donors (Lipinski definition) is 1. The number of aryl methyl sites for hydroxylation is 3. The molecular weight excluding hydrogens is 350 g/mol. The number of amides is 1. The first kappa shape index (κ1) is 19.9. The van der Waals surface area contributed by atoms with Gasteiger partial charge >= 0.3 is 0 Å². The van der Waals surface area contributed by atoms with Crippen LogP contribution in [0.3, 0.4) is 0 Å². The molecule has 0 saturated carbocycles. The van der Waals surface area contributed by atoms with Gasteiger partial charge in [0.1, 0.15) is 11.6 Å². The van der Waals surface area contributed by atoms with E-state index in [0.29, 0.717) is 5.69 Å². The molecule has 146 valence electrons. The molecule has 0 aliphatic carbocycles. The minimum absolute atomic E-state index is 0.0931. The summed E-state index contributed by atoms with van der Waals surface area (Å²) in [5, 5.41) is 12.3. The number of carbonyl (C=O) groups excluding carboxylic acids is 1. The lowest BCUT2D eigenvalue weighted by Gasteiger charge is -2.14. The maximum atomic E-state index is 12.6. The first-order valence-electron chi connectivity index (χ1n) is 9.67. The molecule has 2 heterocycles. The Labute approximate surface area is 166 Å². The van der Waals surface area contributed by atoms with Gasteiger partial charge < -0.3 is 14.6 Å². The molecule has 0 bridgehead atoms. The lowest BCUT2D eigenvalue weighted by atomic mass is 10.1. The number of nitrogens with zero attached hydrogens (tertiary/aromatic N) is 2. The monoisotopic (exact) mass is 377 g/mol. The van der Waals surface area contributed by atoms with Crippen LogP contribution in [0.5, 0.6) is 0 Å². The molecule has 0 spiro atoms. The molecule has 1 aliphatic heterocycles. The molecule has 1 fully saturated rings. The maximum absolute atomic E-state index is 12.6. The summed E-state index contributed by atoms with van der Waals surface area (Å²) in [6, 6.07) is 9.78. The van der Waals surface area contributed by atoms with Crippen molar-refractivity contribution in [3.8, 4) is 6.07 Å². The molecule has 1 aromatic carbocycles. The fourth-order valence-electron chi connectivity index (χ4n) is 3.57. The summed E-state index contributed by atoms with van der Waals surface area (Å²) in [6.07, 6.45) is 4.09. The summed E-state index contributed by atoms with van der Waals surface area (Å²) in [5.41, 5.74) is 6.08. The van der Waals surface area contributed by atoms with Crippen LogP contribution in [0.15, 0.2) is 29.8 Å². The van der Waals surface area contributed by atoms with Crippen LogP contribution >= 0.6 is 0 Å². The number of nitriles is 1. The molecule has 1 saturated heterocycles. The molecule has 1 N–H and O–H groups in total. The van der Waals surface area contributed by atoms with Crippen LogP contribution in [-0.2, 0) is 16.1 Å². The van der Waals surface area contributed by atoms with E-state index in [-0.39, 0.29) is 11.7 Å². The maximum Gasteiger partial charge on any atom is 0.266 e. The molecule has 1 aliphatic rings. The zero-order chi connectivity index (χ0) is 20.3. The van der Waals surface area contributed by atoms with E-state index < -0.39 is 5.91 Å². The third kappa shape index (κ3) is 4.35. The first-order valence-corrected chi connectivity index (χ1v) is 9.67. The fourth-order valence-corrected chi connectivity index (χ4v) is 3.57. The highest BCUT2D eigenvalue weighted by Crippen LogP contribution is 2.22. The van der Waals surface area contributed by atoms with Crippen LogP contribution in [0.25, 0.3) is 6.08 Å². The van der Waals surface area contributed by atoms with Crippen molar-refractivity contribution in [3.05, 3.63) is 57.9 Å². The third-order valence-electron chi connectivity index (χ3n) is 5.45. The zero-order valence-electron chi connectivity index (χ0n) is 17.0. The molecule has 0 radical (unpaired) electrons. The van der Waals surface area contributed by atoms with Gasteiger partial charge in [-0.25, -0.2) is 0 Å². The highest BCUT2D eigenvalue weighted by Gasteiger charge is 2.19. The van der Waals surface area contributed by atoms with Gasteiger partial charge in [-0.1, -0.05) is 6.07 Å². The van der Waals surface area contributed by atoms with Crippen LogP contribution in [0.1, 0.15) is 40.9 Å². The predicted molar refractivity (Wildman–Crippen MR) is 111 cm³/mol. The van der Waals surface area contributed by atoms with Gasteiger partial charge in [-0.2, -0.15) is 5.26 Å². The molecule has 2 aromatic rings. The second kappa shape index (κ2) is 8.45. The Morgan fingerprint density at radius 1 is 1.29 bits per heavy atom. The Kier molecular flexibility index (Phi) is 6.01. The van der Waals surface area contributed by atoms with Gasteiger partial charge in [0.05, 0.1) is 6.10 Å². The van der Waals surface area contributed by atoms with Crippen molar-refractivity contribution >= 4 is 17.7 Å². The molecular formula is C23H27N3O2. The lowest BCUT2D eigenvalue weighted by molar-refractivity contribution is -0.112. The standard InChI is InChI=1S/C23H27N3O2/c1-15-7-8-21(10-16(15)2)25-23(27)20(13-24)12-19-11-17(3)26(18(19)4)14-22-6-5-9-28-22/h7-8,10-12,22H,5-6,9,14H2,1-4H3,(H,25,27)/b20-12+/t22-/m1/s1. The van der Waals surface area contributed by atoms with Crippen molar-refractivity contribution in [1.82, 2.24) is 4.57 Å². The Hall–Kier alpha value is -2.84. The van der Waals surface area contributed by atoms with Gasteiger partial charge in [0, 0.05) is 30.2 Å². The Balaban J connectivity index is 1.80. The van der Waals surface area contributed by atoms with Crippen LogP contribution < -0.4 is 5.32 Å². The molecule has 1 amide bonds. The summed E-state index contributed by atoms with van der Waals surface area (Å²) in [6.45, 7) is 9.71. The summed E-state index contributed by atoms with van der Waals surface area (Å²) in [7, 11) is 0. The average molecular weight is 377 g/mol. The minimum Gasteiger partial charge on any atom is -0.376 e. The average Bonchev–Trinajstić information content (AvgIpc) is 3.26.